The van der Waals surface area contributed by atoms with Crippen molar-refractivity contribution < 1.29 is 9.90 Å². The minimum atomic E-state index is -0.767. The summed E-state index contributed by atoms with van der Waals surface area (Å²) in [6, 6.07) is -0.0485. The van der Waals surface area contributed by atoms with E-state index >= 15 is 0 Å². The van der Waals surface area contributed by atoms with Gasteiger partial charge in [-0.2, -0.15) is 0 Å². The molecule has 0 amide bonds. The molecule has 0 saturated heterocycles. The summed E-state index contributed by atoms with van der Waals surface area (Å²) >= 11 is 0. The van der Waals surface area contributed by atoms with Crippen LogP contribution < -0.4 is 0 Å². The number of hydrogen-bond donors (Lipinski definition) is 1. The van der Waals surface area contributed by atoms with Gasteiger partial charge in [0.25, 0.3) is 0 Å². The number of hydrogen-bond acceptors (Lipinski definition) is 4. The van der Waals surface area contributed by atoms with Crippen LogP contribution in [0.4, 0.5) is 0 Å². The van der Waals surface area contributed by atoms with Crippen LogP contribution in [0.25, 0.3) is 0 Å². The molecule has 1 unspecified atom stereocenters. The summed E-state index contributed by atoms with van der Waals surface area (Å²) in [5.74, 6) is 1.25. The van der Waals surface area contributed by atoms with E-state index in [1.54, 1.807) is 4.68 Å². The molecule has 1 N–H and O–H groups in total. The zero-order valence-electron chi connectivity index (χ0n) is 10.3. The summed E-state index contributed by atoms with van der Waals surface area (Å²) in [5.41, 5.74) is 0. The number of nitrogens with zero attached hydrogens (tertiary/aromatic N) is 4. The standard InChI is InChI=1S/C12H18N4O2/c17-12(18)7-10(9-4-5-9)16-11(13-14-15-16)6-8-2-1-3-8/h8-10H,1-7H2,(H,17,18). The SMILES string of the molecule is O=C(O)CC(C1CC1)n1nnnc1CC1CCC1. The second kappa shape index (κ2) is 4.66. The van der Waals surface area contributed by atoms with E-state index in [1.165, 1.54) is 19.3 Å². The van der Waals surface area contributed by atoms with Gasteiger partial charge in [0.1, 0.15) is 0 Å². The Morgan fingerprint density at radius 1 is 1.39 bits per heavy atom. The Morgan fingerprint density at radius 3 is 2.72 bits per heavy atom. The van der Waals surface area contributed by atoms with Gasteiger partial charge in [-0.25, -0.2) is 4.68 Å². The molecule has 2 fully saturated rings. The van der Waals surface area contributed by atoms with Crippen molar-refractivity contribution in [1.82, 2.24) is 20.2 Å². The van der Waals surface area contributed by atoms with Gasteiger partial charge >= 0.3 is 5.97 Å². The van der Waals surface area contributed by atoms with E-state index in [1.807, 2.05) is 0 Å². The average molecular weight is 250 g/mol. The highest BCUT2D eigenvalue weighted by Gasteiger charge is 2.36. The molecule has 1 atom stereocenters. The summed E-state index contributed by atoms with van der Waals surface area (Å²) in [6.45, 7) is 0. The lowest BCUT2D eigenvalue weighted by Gasteiger charge is -2.25. The molecule has 1 aromatic rings. The fourth-order valence-electron chi connectivity index (χ4n) is 2.67. The maximum atomic E-state index is 11.0. The van der Waals surface area contributed by atoms with Crippen LogP contribution in [0.15, 0.2) is 0 Å². The number of carboxylic acid groups (broad SMARTS) is 1. The zero-order chi connectivity index (χ0) is 12.5. The smallest absolute Gasteiger partial charge is 0.305 e. The summed E-state index contributed by atoms with van der Waals surface area (Å²) < 4.78 is 1.78. The van der Waals surface area contributed by atoms with Crippen molar-refractivity contribution in [3.05, 3.63) is 5.82 Å². The Bertz CT molecular complexity index is 437. The molecule has 2 aliphatic carbocycles. The first-order valence-electron chi connectivity index (χ1n) is 6.72. The van der Waals surface area contributed by atoms with Crippen LogP contribution in [0.3, 0.4) is 0 Å². The Hall–Kier alpha value is -1.46. The molecule has 0 aliphatic heterocycles. The third-order valence-electron chi connectivity index (χ3n) is 4.12. The normalized spacial score (nSPS) is 21.6. The quantitative estimate of drug-likeness (QED) is 0.826. The molecule has 18 heavy (non-hydrogen) atoms. The van der Waals surface area contributed by atoms with Crippen molar-refractivity contribution in [3.8, 4) is 0 Å². The van der Waals surface area contributed by atoms with Gasteiger partial charge in [-0.15, -0.1) is 5.10 Å². The molecule has 98 valence electrons. The second-order valence-electron chi connectivity index (χ2n) is 5.54. The highest BCUT2D eigenvalue weighted by Crippen LogP contribution is 2.42. The van der Waals surface area contributed by atoms with Crippen molar-refractivity contribution in [2.45, 2.75) is 51.0 Å². The Kier molecular flexibility index (Phi) is 3.01. The van der Waals surface area contributed by atoms with Crippen LogP contribution in [-0.4, -0.2) is 31.3 Å². The van der Waals surface area contributed by atoms with E-state index in [4.69, 9.17) is 5.11 Å². The average Bonchev–Trinajstić information content (AvgIpc) is 3.00. The van der Waals surface area contributed by atoms with Gasteiger partial charge in [-0.3, -0.25) is 4.79 Å². The van der Waals surface area contributed by atoms with Crippen molar-refractivity contribution in [1.29, 1.82) is 0 Å². The maximum Gasteiger partial charge on any atom is 0.305 e. The van der Waals surface area contributed by atoms with Gasteiger partial charge in [0.05, 0.1) is 12.5 Å². The molecule has 0 bridgehead atoms. The van der Waals surface area contributed by atoms with Crippen molar-refractivity contribution in [3.63, 3.8) is 0 Å². The van der Waals surface area contributed by atoms with E-state index in [2.05, 4.69) is 15.5 Å². The second-order valence-corrected chi connectivity index (χ2v) is 5.54. The molecule has 1 heterocycles. The van der Waals surface area contributed by atoms with Gasteiger partial charge in [-0.05, 0) is 35.1 Å². The Labute approximate surface area is 105 Å². The van der Waals surface area contributed by atoms with Crippen molar-refractivity contribution in [2.75, 3.05) is 0 Å². The molecule has 0 aromatic carbocycles. The minimum Gasteiger partial charge on any atom is -0.481 e. The highest BCUT2D eigenvalue weighted by molar-refractivity contribution is 5.67. The molecular formula is C12H18N4O2. The molecule has 0 spiro atoms. The Morgan fingerprint density at radius 2 is 2.17 bits per heavy atom. The molecule has 6 heteroatoms. The van der Waals surface area contributed by atoms with E-state index in [9.17, 15) is 4.79 Å². The third-order valence-corrected chi connectivity index (χ3v) is 4.12. The minimum absolute atomic E-state index is 0.0485. The number of carboxylic acids is 1. The molecule has 6 nitrogen and oxygen atoms in total. The highest BCUT2D eigenvalue weighted by atomic mass is 16.4. The van der Waals surface area contributed by atoms with Crippen LogP contribution in [0, 0.1) is 11.8 Å². The Balaban J connectivity index is 1.75. The lowest BCUT2D eigenvalue weighted by molar-refractivity contribution is -0.138. The van der Waals surface area contributed by atoms with E-state index in [-0.39, 0.29) is 12.5 Å². The summed E-state index contributed by atoms with van der Waals surface area (Å²) in [6.07, 6.45) is 7.03. The number of aliphatic carboxylic acids is 1. The van der Waals surface area contributed by atoms with Crippen LogP contribution >= 0.6 is 0 Å². The molecule has 1 aromatic heterocycles. The number of tetrazole rings is 1. The van der Waals surface area contributed by atoms with Crippen molar-refractivity contribution >= 4 is 5.97 Å². The summed E-state index contributed by atoms with van der Waals surface area (Å²) in [4.78, 5) is 11.0. The lowest BCUT2D eigenvalue weighted by atomic mass is 9.83. The number of rotatable bonds is 6. The summed E-state index contributed by atoms with van der Waals surface area (Å²) in [7, 11) is 0. The predicted octanol–water partition coefficient (Wildman–Crippen LogP) is 1.44. The molecule has 2 aliphatic rings. The molecular weight excluding hydrogens is 232 g/mol. The monoisotopic (exact) mass is 250 g/mol. The van der Waals surface area contributed by atoms with Gasteiger partial charge in [0, 0.05) is 6.42 Å². The van der Waals surface area contributed by atoms with Gasteiger partial charge < -0.3 is 5.11 Å². The van der Waals surface area contributed by atoms with Gasteiger partial charge in [0.15, 0.2) is 5.82 Å². The van der Waals surface area contributed by atoms with Crippen molar-refractivity contribution in [2.24, 2.45) is 11.8 Å². The van der Waals surface area contributed by atoms with Crippen LogP contribution in [0.2, 0.25) is 0 Å². The van der Waals surface area contributed by atoms with E-state index < -0.39 is 5.97 Å². The first-order valence-corrected chi connectivity index (χ1v) is 6.72. The first-order chi connectivity index (χ1) is 8.74. The third kappa shape index (κ3) is 2.37. The van der Waals surface area contributed by atoms with Gasteiger partial charge in [0.2, 0.25) is 0 Å². The first kappa shape index (κ1) is 11.6. The van der Waals surface area contributed by atoms with Crippen LogP contribution in [0.1, 0.15) is 50.4 Å². The van der Waals surface area contributed by atoms with E-state index in [0.717, 1.165) is 25.1 Å². The molecule has 3 rings (SSSR count). The van der Waals surface area contributed by atoms with Gasteiger partial charge in [-0.1, -0.05) is 19.3 Å². The van der Waals surface area contributed by atoms with Crippen LogP contribution in [-0.2, 0) is 11.2 Å². The largest absolute Gasteiger partial charge is 0.481 e. The number of aromatic nitrogens is 4. The zero-order valence-corrected chi connectivity index (χ0v) is 10.3. The lowest BCUT2D eigenvalue weighted by Crippen LogP contribution is -2.22. The predicted molar refractivity (Wildman–Crippen MR) is 62.9 cm³/mol. The fraction of sp³-hybridized carbons (Fsp3) is 0.833. The maximum absolute atomic E-state index is 11.0. The number of carbonyl (C=O) groups is 1. The topological polar surface area (TPSA) is 80.9 Å². The molecule has 2 saturated carbocycles. The van der Waals surface area contributed by atoms with E-state index in [0.29, 0.717) is 11.8 Å². The fourth-order valence-corrected chi connectivity index (χ4v) is 2.67. The van der Waals surface area contributed by atoms with Crippen LogP contribution in [0.5, 0.6) is 0 Å². The summed E-state index contributed by atoms with van der Waals surface area (Å²) in [5, 5.41) is 20.9. The molecule has 0 radical (unpaired) electrons.